The van der Waals surface area contributed by atoms with Crippen molar-refractivity contribution >= 4 is 33.3 Å². The summed E-state index contributed by atoms with van der Waals surface area (Å²) in [5.74, 6) is 0. The van der Waals surface area contributed by atoms with Gasteiger partial charge in [0.15, 0.2) is 0 Å². The van der Waals surface area contributed by atoms with Gasteiger partial charge in [-0.2, -0.15) is 0 Å². The Morgan fingerprint density at radius 2 is 2.15 bits per heavy atom. The van der Waals surface area contributed by atoms with Crippen LogP contribution in [0.25, 0.3) is 20.7 Å². The van der Waals surface area contributed by atoms with Gasteiger partial charge >= 0.3 is 0 Å². The van der Waals surface area contributed by atoms with Gasteiger partial charge in [0.25, 0.3) is 0 Å². The second-order valence-corrected chi connectivity index (χ2v) is 8.24. The van der Waals surface area contributed by atoms with Crippen LogP contribution < -0.4 is 0 Å². The highest BCUT2D eigenvalue weighted by Gasteiger charge is 2.20. The van der Waals surface area contributed by atoms with Crippen LogP contribution in [-0.2, 0) is 11.3 Å². The number of fused-ring (bicyclic) bond motifs is 1. The number of tetrazole rings is 1. The van der Waals surface area contributed by atoms with Crippen LogP contribution in [0.15, 0.2) is 52.9 Å². The van der Waals surface area contributed by atoms with Gasteiger partial charge in [0.1, 0.15) is 16.2 Å². The zero-order valence-corrected chi connectivity index (χ0v) is 16.0. The average molecular weight is 397 g/mol. The molecule has 7 nitrogen and oxygen atoms in total. The third-order valence-corrected chi connectivity index (χ3v) is 6.52. The fourth-order valence-corrected chi connectivity index (χ4v) is 5.01. The SMILES string of the molecule is c1ccc(-c2cc3c(Sc4nnnn4C[C@H]4CCCO4)ncnc3s2)cc1. The van der Waals surface area contributed by atoms with Crippen LogP contribution in [-0.4, -0.2) is 42.9 Å². The minimum Gasteiger partial charge on any atom is -0.376 e. The molecule has 1 saturated heterocycles. The lowest BCUT2D eigenvalue weighted by Gasteiger charge is -2.09. The van der Waals surface area contributed by atoms with E-state index in [0.29, 0.717) is 6.54 Å². The maximum atomic E-state index is 5.70. The maximum Gasteiger partial charge on any atom is 0.215 e. The molecule has 1 atom stereocenters. The van der Waals surface area contributed by atoms with Crippen LogP contribution in [0.5, 0.6) is 0 Å². The van der Waals surface area contributed by atoms with Crippen LogP contribution in [0, 0.1) is 0 Å². The van der Waals surface area contributed by atoms with Crippen LogP contribution >= 0.6 is 23.1 Å². The first-order valence-corrected chi connectivity index (χ1v) is 10.4. The normalized spacial score (nSPS) is 17.0. The van der Waals surface area contributed by atoms with E-state index in [2.05, 4.69) is 43.7 Å². The second kappa shape index (κ2) is 7.34. The molecule has 4 heterocycles. The van der Waals surface area contributed by atoms with Crippen molar-refractivity contribution in [2.24, 2.45) is 0 Å². The number of aromatic nitrogens is 6. The third-order valence-electron chi connectivity index (χ3n) is 4.44. The molecule has 9 heteroatoms. The smallest absolute Gasteiger partial charge is 0.215 e. The van der Waals surface area contributed by atoms with E-state index in [-0.39, 0.29) is 6.10 Å². The molecule has 1 aromatic carbocycles. The summed E-state index contributed by atoms with van der Waals surface area (Å²) >= 11 is 3.13. The quantitative estimate of drug-likeness (QED) is 0.476. The molecule has 5 rings (SSSR count). The second-order valence-electron chi connectivity index (χ2n) is 6.25. The summed E-state index contributed by atoms with van der Waals surface area (Å²) < 4.78 is 7.51. The topological polar surface area (TPSA) is 78.6 Å². The standard InChI is InChI=1S/C18H16N6OS2/c1-2-5-12(6-3-1)15-9-14-16(26-15)19-11-20-17(14)27-18-21-22-23-24(18)10-13-7-4-8-25-13/h1-3,5-6,9,11,13H,4,7-8,10H2/t13-/m1/s1. The van der Waals surface area contributed by atoms with E-state index in [0.717, 1.165) is 39.8 Å². The minimum atomic E-state index is 0.184. The first-order chi connectivity index (χ1) is 13.4. The Morgan fingerprint density at radius 3 is 3.00 bits per heavy atom. The molecule has 0 amide bonds. The van der Waals surface area contributed by atoms with Gasteiger partial charge in [0.05, 0.1) is 12.6 Å². The number of hydrogen-bond acceptors (Lipinski definition) is 8. The van der Waals surface area contributed by atoms with Crippen molar-refractivity contribution in [3.8, 4) is 10.4 Å². The molecular formula is C18H16N6OS2. The minimum absolute atomic E-state index is 0.184. The van der Waals surface area contributed by atoms with Crippen molar-refractivity contribution < 1.29 is 4.74 Å². The summed E-state index contributed by atoms with van der Waals surface area (Å²) in [6.45, 7) is 1.49. The number of rotatable bonds is 5. The number of ether oxygens (including phenoxy) is 1. The number of thiophene rings is 1. The Hall–Kier alpha value is -2.36. The molecule has 1 aliphatic rings. The predicted molar refractivity (Wildman–Crippen MR) is 104 cm³/mol. The molecule has 0 saturated carbocycles. The Kier molecular flexibility index (Phi) is 4.56. The van der Waals surface area contributed by atoms with Crippen molar-refractivity contribution in [1.82, 2.24) is 30.2 Å². The number of benzene rings is 1. The molecule has 0 aliphatic carbocycles. The van der Waals surface area contributed by atoms with Crippen LogP contribution in [0.4, 0.5) is 0 Å². The lowest BCUT2D eigenvalue weighted by Crippen LogP contribution is -2.16. The van der Waals surface area contributed by atoms with Gasteiger partial charge in [-0.15, -0.1) is 16.4 Å². The Balaban J connectivity index is 1.46. The fourth-order valence-electron chi connectivity index (χ4n) is 3.11. The van der Waals surface area contributed by atoms with E-state index >= 15 is 0 Å². The average Bonchev–Trinajstić information content (AvgIpc) is 3.45. The van der Waals surface area contributed by atoms with Crippen LogP contribution in [0.2, 0.25) is 0 Å². The highest BCUT2D eigenvalue weighted by molar-refractivity contribution is 7.99. The zero-order valence-electron chi connectivity index (χ0n) is 14.4. The Labute approximate surface area is 163 Å². The van der Waals surface area contributed by atoms with Crippen molar-refractivity contribution in [3.05, 3.63) is 42.7 Å². The summed E-state index contributed by atoms with van der Waals surface area (Å²) in [7, 11) is 0. The van der Waals surface area contributed by atoms with Crippen molar-refractivity contribution in [2.45, 2.75) is 35.7 Å². The summed E-state index contributed by atoms with van der Waals surface area (Å²) in [6.07, 6.45) is 3.93. The van der Waals surface area contributed by atoms with Gasteiger partial charge < -0.3 is 4.74 Å². The van der Waals surface area contributed by atoms with Crippen LogP contribution in [0.3, 0.4) is 0 Å². The van der Waals surface area contributed by atoms with E-state index in [1.807, 2.05) is 18.2 Å². The first kappa shape index (κ1) is 16.8. The lowest BCUT2D eigenvalue weighted by molar-refractivity contribution is 0.0912. The van der Waals surface area contributed by atoms with E-state index < -0.39 is 0 Å². The molecule has 27 heavy (non-hydrogen) atoms. The van der Waals surface area contributed by atoms with Gasteiger partial charge in [-0.25, -0.2) is 14.6 Å². The van der Waals surface area contributed by atoms with E-state index in [4.69, 9.17) is 4.74 Å². The van der Waals surface area contributed by atoms with E-state index in [1.54, 1.807) is 22.3 Å². The fraction of sp³-hybridized carbons (Fsp3) is 0.278. The highest BCUT2D eigenvalue weighted by Crippen LogP contribution is 2.37. The first-order valence-electron chi connectivity index (χ1n) is 8.72. The largest absolute Gasteiger partial charge is 0.376 e. The van der Waals surface area contributed by atoms with E-state index in [9.17, 15) is 0 Å². The molecule has 4 aromatic rings. The Bertz CT molecular complexity index is 1060. The molecular weight excluding hydrogens is 380 g/mol. The number of nitrogens with zero attached hydrogens (tertiary/aromatic N) is 6. The molecule has 0 bridgehead atoms. The van der Waals surface area contributed by atoms with Crippen molar-refractivity contribution in [1.29, 1.82) is 0 Å². The van der Waals surface area contributed by atoms with Crippen molar-refractivity contribution in [2.75, 3.05) is 6.61 Å². The molecule has 1 fully saturated rings. The zero-order chi connectivity index (χ0) is 18.1. The molecule has 0 radical (unpaired) electrons. The number of hydrogen-bond donors (Lipinski definition) is 0. The van der Waals surface area contributed by atoms with E-state index in [1.165, 1.54) is 22.2 Å². The monoisotopic (exact) mass is 396 g/mol. The molecule has 0 unspecified atom stereocenters. The maximum absolute atomic E-state index is 5.70. The van der Waals surface area contributed by atoms with Gasteiger partial charge in [-0.3, -0.25) is 0 Å². The van der Waals surface area contributed by atoms with Gasteiger partial charge in [-0.1, -0.05) is 30.3 Å². The summed E-state index contributed by atoms with van der Waals surface area (Å²) in [5, 5.41) is 14.7. The molecule has 0 spiro atoms. The van der Waals surface area contributed by atoms with Gasteiger partial charge in [-0.05, 0) is 46.7 Å². The van der Waals surface area contributed by atoms with Crippen LogP contribution in [0.1, 0.15) is 12.8 Å². The van der Waals surface area contributed by atoms with Crippen molar-refractivity contribution in [3.63, 3.8) is 0 Å². The highest BCUT2D eigenvalue weighted by atomic mass is 32.2. The lowest BCUT2D eigenvalue weighted by atomic mass is 10.2. The Morgan fingerprint density at radius 1 is 1.22 bits per heavy atom. The summed E-state index contributed by atoms with van der Waals surface area (Å²) in [4.78, 5) is 11.1. The van der Waals surface area contributed by atoms with Gasteiger partial charge in [0.2, 0.25) is 5.16 Å². The molecule has 136 valence electrons. The predicted octanol–water partition coefficient (Wildman–Crippen LogP) is 3.68. The van der Waals surface area contributed by atoms with Gasteiger partial charge in [0, 0.05) is 16.9 Å². The third kappa shape index (κ3) is 3.45. The summed E-state index contributed by atoms with van der Waals surface area (Å²) in [6, 6.07) is 12.5. The molecule has 0 N–H and O–H groups in total. The molecule has 1 aliphatic heterocycles. The summed E-state index contributed by atoms with van der Waals surface area (Å²) in [5.41, 5.74) is 1.18. The molecule has 3 aromatic heterocycles.